The fourth-order valence-corrected chi connectivity index (χ4v) is 4.68. The molecule has 0 aromatic heterocycles. The van der Waals surface area contributed by atoms with Gasteiger partial charge in [-0.3, -0.25) is 4.79 Å². The lowest BCUT2D eigenvalue weighted by Crippen LogP contribution is -2.64. The van der Waals surface area contributed by atoms with Gasteiger partial charge in [-0.05, 0) is 56.9 Å². The summed E-state index contributed by atoms with van der Waals surface area (Å²) in [6.45, 7) is 0. The predicted octanol–water partition coefficient (Wildman–Crippen LogP) is 0.899. The van der Waals surface area contributed by atoms with Crippen LogP contribution in [0, 0.1) is 17.8 Å². The van der Waals surface area contributed by atoms with E-state index in [0.717, 1.165) is 24.2 Å². The minimum Gasteiger partial charge on any atom is -0.355 e. The van der Waals surface area contributed by atoms with Gasteiger partial charge in [0.2, 0.25) is 6.41 Å². The minimum absolute atomic E-state index is 0.414. The van der Waals surface area contributed by atoms with Gasteiger partial charge in [0.05, 0.1) is 0 Å². The van der Waals surface area contributed by atoms with Gasteiger partial charge in [0.1, 0.15) is 0 Å². The van der Waals surface area contributed by atoms with Gasteiger partial charge in [0.25, 0.3) is 0 Å². The molecule has 0 saturated heterocycles. The van der Waals surface area contributed by atoms with Gasteiger partial charge in [-0.25, -0.2) is 0 Å². The van der Waals surface area contributed by atoms with Crippen LogP contribution >= 0.6 is 0 Å². The monoisotopic (exact) mass is 208 g/mol. The predicted molar refractivity (Wildman–Crippen MR) is 58.3 cm³/mol. The molecular formula is C12H20N2O. The molecule has 5 atom stereocenters. The number of hydrogen-bond donors (Lipinski definition) is 2. The summed E-state index contributed by atoms with van der Waals surface area (Å²) in [5.41, 5.74) is 0.414. The maximum absolute atomic E-state index is 10.6. The zero-order valence-corrected chi connectivity index (χ0v) is 9.33. The summed E-state index contributed by atoms with van der Waals surface area (Å²) in [5, 5.41) is 6.62. The molecule has 4 rings (SSSR count). The molecule has 0 aromatic rings. The Labute approximate surface area is 91.0 Å². The van der Waals surface area contributed by atoms with Gasteiger partial charge in [-0.2, -0.15) is 0 Å². The lowest BCUT2D eigenvalue weighted by molar-refractivity contribution is -0.114. The standard InChI is InChI=1S/C12H20N2O/c1-13-12-4-8-2-9(5-12)11(14-7-15)10(3-8)6-12/h7-11,13H,2-6H2,1H3,(H,14,15)/t8?,9-,10+,11?,12?. The summed E-state index contributed by atoms with van der Waals surface area (Å²) in [7, 11) is 2.11. The average Bonchev–Trinajstić information content (AvgIpc) is 2.22. The second-order valence-electron chi connectivity index (χ2n) is 5.81. The molecule has 15 heavy (non-hydrogen) atoms. The molecule has 3 heteroatoms. The van der Waals surface area contributed by atoms with Gasteiger partial charge in [0, 0.05) is 11.6 Å². The number of carbonyl (C=O) groups is 1. The SMILES string of the molecule is CNC12CC3C[C@H](C1)C(NC=O)[C@@H](C3)C2. The molecule has 0 heterocycles. The Bertz CT molecular complexity index is 263. The van der Waals surface area contributed by atoms with Crippen molar-refractivity contribution in [3.8, 4) is 0 Å². The van der Waals surface area contributed by atoms with E-state index in [1.54, 1.807) is 0 Å². The smallest absolute Gasteiger partial charge is 0.207 e. The molecular weight excluding hydrogens is 188 g/mol. The van der Waals surface area contributed by atoms with Crippen LogP contribution in [0.15, 0.2) is 0 Å². The first-order valence-electron chi connectivity index (χ1n) is 6.15. The Morgan fingerprint density at radius 1 is 1.20 bits per heavy atom. The number of rotatable bonds is 3. The van der Waals surface area contributed by atoms with Gasteiger partial charge < -0.3 is 10.6 Å². The molecule has 3 unspecified atom stereocenters. The largest absolute Gasteiger partial charge is 0.355 e. The number of hydrogen-bond acceptors (Lipinski definition) is 2. The third-order valence-corrected chi connectivity index (χ3v) is 5.06. The van der Waals surface area contributed by atoms with E-state index in [0.29, 0.717) is 11.6 Å². The highest BCUT2D eigenvalue weighted by Gasteiger charge is 2.54. The lowest BCUT2D eigenvalue weighted by atomic mass is 9.51. The summed E-state index contributed by atoms with van der Waals surface area (Å²) in [6, 6.07) is 0.473. The van der Waals surface area contributed by atoms with Crippen molar-refractivity contribution >= 4 is 6.41 Å². The van der Waals surface area contributed by atoms with Crippen LogP contribution in [0.25, 0.3) is 0 Å². The van der Waals surface area contributed by atoms with Crippen molar-refractivity contribution in [2.24, 2.45) is 17.8 Å². The van der Waals surface area contributed by atoms with E-state index in [4.69, 9.17) is 0 Å². The normalized spacial score (nSPS) is 51.8. The molecule has 2 N–H and O–H groups in total. The summed E-state index contributed by atoms with van der Waals surface area (Å²) in [6.07, 6.45) is 7.48. The van der Waals surface area contributed by atoms with Gasteiger partial charge in [0.15, 0.2) is 0 Å². The first kappa shape index (κ1) is 9.64. The van der Waals surface area contributed by atoms with Crippen LogP contribution in [0.4, 0.5) is 0 Å². The van der Waals surface area contributed by atoms with Crippen molar-refractivity contribution in [3.63, 3.8) is 0 Å². The summed E-state index contributed by atoms with van der Waals surface area (Å²) < 4.78 is 0. The van der Waals surface area contributed by atoms with Crippen LogP contribution in [0.2, 0.25) is 0 Å². The zero-order chi connectivity index (χ0) is 10.5. The number of carbonyl (C=O) groups excluding carboxylic acids is 1. The van der Waals surface area contributed by atoms with Crippen molar-refractivity contribution in [1.82, 2.24) is 10.6 Å². The minimum atomic E-state index is 0.414. The molecule has 4 bridgehead atoms. The second kappa shape index (κ2) is 3.21. The van der Waals surface area contributed by atoms with Crippen molar-refractivity contribution < 1.29 is 4.79 Å². The first-order valence-corrected chi connectivity index (χ1v) is 6.15. The Kier molecular flexibility index (Phi) is 2.06. The maximum Gasteiger partial charge on any atom is 0.207 e. The van der Waals surface area contributed by atoms with E-state index in [9.17, 15) is 4.79 Å². The lowest BCUT2D eigenvalue weighted by Gasteiger charge is -2.60. The zero-order valence-electron chi connectivity index (χ0n) is 9.33. The molecule has 3 nitrogen and oxygen atoms in total. The molecule has 4 aliphatic rings. The first-order chi connectivity index (χ1) is 7.26. The highest BCUT2D eigenvalue weighted by molar-refractivity contribution is 5.47. The van der Waals surface area contributed by atoms with Crippen molar-refractivity contribution in [2.45, 2.75) is 43.7 Å². The van der Waals surface area contributed by atoms with Crippen LogP contribution in [-0.4, -0.2) is 25.0 Å². The Hall–Kier alpha value is -0.570. The highest BCUT2D eigenvalue weighted by Crippen LogP contribution is 2.55. The third-order valence-electron chi connectivity index (χ3n) is 5.06. The molecule has 0 spiro atoms. The molecule has 4 fully saturated rings. The van der Waals surface area contributed by atoms with Crippen molar-refractivity contribution in [3.05, 3.63) is 0 Å². The quantitative estimate of drug-likeness (QED) is 0.677. The van der Waals surface area contributed by atoms with E-state index < -0.39 is 0 Å². The third kappa shape index (κ3) is 1.32. The maximum atomic E-state index is 10.6. The fraction of sp³-hybridized carbons (Fsp3) is 0.917. The fourth-order valence-electron chi connectivity index (χ4n) is 4.68. The molecule has 1 amide bonds. The molecule has 4 saturated carbocycles. The molecule has 0 aliphatic heterocycles. The van der Waals surface area contributed by atoms with Crippen LogP contribution in [-0.2, 0) is 4.79 Å². The van der Waals surface area contributed by atoms with Crippen molar-refractivity contribution in [2.75, 3.05) is 7.05 Å². The van der Waals surface area contributed by atoms with Crippen LogP contribution < -0.4 is 10.6 Å². The van der Waals surface area contributed by atoms with Crippen LogP contribution in [0.3, 0.4) is 0 Å². The topological polar surface area (TPSA) is 41.1 Å². The van der Waals surface area contributed by atoms with Crippen LogP contribution in [0.1, 0.15) is 32.1 Å². The van der Waals surface area contributed by atoms with Gasteiger partial charge >= 0.3 is 0 Å². The summed E-state index contributed by atoms with van der Waals surface area (Å²) >= 11 is 0. The summed E-state index contributed by atoms with van der Waals surface area (Å²) in [4.78, 5) is 10.6. The highest BCUT2D eigenvalue weighted by atomic mass is 16.1. The van der Waals surface area contributed by atoms with Crippen LogP contribution in [0.5, 0.6) is 0 Å². The van der Waals surface area contributed by atoms with Gasteiger partial charge in [-0.15, -0.1) is 0 Å². The number of nitrogens with one attached hydrogen (secondary N) is 2. The molecule has 0 radical (unpaired) electrons. The van der Waals surface area contributed by atoms with E-state index in [-0.39, 0.29) is 0 Å². The summed E-state index contributed by atoms with van der Waals surface area (Å²) in [5.74, 6) is 2.38. The Morgan fingerprint density at radius 2 is 1.87 bits per heavy atom. The van der Waals surface area contributed by atoms with Gasteiger partial charge in [-0.1, -0.05) is 0 Å². The van der Waals surface area contributed by atoms with E-state index in [1.165, 1.54) is 32.1 Å². The van der Waals surface area contributed by atoms with E-state index >= 15 is 0 Å². The van der Waals surface area contributed by atoms with Crippen molar-refractivity contribution in [1.29, 1.82) is 0 Å². The molecule has 0 aromatic carbocycles. The Balaban J connectivity index is 1.84. The average molecular weight is 208 g/mol. The van der Waals surface area contributed by atoms with E-state index in [2.05, 4.69) is 17.7 Å². The Morgan fingerprint density at radius 3 is 2.40 bits per heavy atom. The number of amides is 1. The molecule has 84 valence electrons. The molecule has 4 aliphatic carbocycles. The van der Waals surface area contributed by atoms with E-state index in [1.807, 2.05) is 0 Å². The second-order valence-corrected chi connectivity index (χ2v) is 5.81.